The van der Waals surface area contributed by atoms with Gasteiger partial charge in [-0.15, -0.1) is 0 Å². The molecule has 1 saturated carbocycles. The zero-order chi connectivity index (χ0) is 18.9. The van der Waals surface area contributed by atoms with E-state index in [0.29, 0.717) is 17.8 Å². The molecule has 0 N–H and O–H groups in total. The second kappa shape index (κ2) is 10.1. The van der Waals surface area contributed by atoms with Gasteiger partial charge in [-0.25, -0.2) is 4.39 Å². The van der Waals surface area contributed by atoms with Crippen molar-refractivity contribution in [3.63, 3.8) is 0 Å². The van der Waals surface area contributed by atoms with Crippen molar-refractivity contribution < 1.29 is 4.39 Å². The zero-order valence-electron chi connectivity index (χ0n) is 15.9. The predicted molar refractivity (Wildman–Crippen MR) is 110 cm³/mol. The van der Waals surface area contributed by atoms with E-state index in [1.165, 1.54) is 49.7 Å². The van der Waals surface area contributed by atoms with Gasteiger partial charge in [0.1, 0.15) is 0 Å². The standard InChI is InChI=1S/C25H28FN/c26-18-4-2-1-3-5-20-6-10-22(11-7-20)24-14-16-25(17-15-24)23-12-8-21(19-27)9-13-23/h4,8-9,12-18,20,22H,1-3,5-7,10-11H2/t20-,22-. The van der Waals surface area contributed by atoms with Gasteiger partial charge < -0.3 is 0 Å². The molecule has 0 amide bonds. The second-order valence-corrected chi connectivity index (χ2v) is 7.67. The van der Waals surface area contributed by atoms with Crippen LogP contribution in [0.4, 0.5) is 4.39 Å². The van der Waals surface area contributed by atoms with Gasteiger partial charge >= 0.3 is 0 Å². The molecule has 0 unspecified atom stereocenters. The summed E-state index contributed by atoms with van der Waals surface area (Å²) in [5.74, 6) is 1.54. The van der Waals surface area contributed by atoms with Gasteiger partial charge in [-0.2, -0.15) is 5.26 Å². The Bertz CT molecular complexity index is 759. The molecule has 0 atom stereocenters. The lowest BCUT2D eigenvalue weighted by Gasteiger charge is -2.29. The molecule has 0 bridgehead atoms. The third-order valence-electron chi connectivity index (χ3n) is 5.90. The first-order valence-electron chi connectivity index (χ1n) is 10.2. The highest BCUT2D eigenvalue weighted by molar-refractivity contribution is 5.64. The van der Waals surface area contributed by atoms with E-state index in [9.17, 15) is 4.39 Å². The fourth-order valence-electron chi connectivity index (χ4n) is 4.23. The van der Waals surface area contributed by atoms with Gasteiger partial charge in [0.05, 0.1) is 18.0 Å². The Kier molecular flexibility index (Phi) is 7.22. The lowest BCUT2D eigenvalue weighted by atomic mass is 9.77. The SMILES string of the molecule is N#Cc1ccc(-c2ccc([C@H]3CC[C@H](CCCCC=CF)CC3)cc2)cc1. The molecule has 3 rings (SSSR count). The van der Waals surface area contributed by atoms with E-state index in [4.69, 9.17) is 5.26 Å². The first-order chi connectivity index (χ1) is 13.3. The minimum Gasteiger partial charge on any atom is -0.216 e. The quantitative estimate of drug-likeness (QED) is 0.467. The monoisotopic (exact) mass is 361 g/mol. The molecule has 1 nitrogen and oxygen atoms in total. The van der Waals surface area contributed by atoms with Crippen LogP contribution in [0, 0.1) is 17.2 Å². The van der Waals surface area contributed by atoms with Crippen LogP contribution in [0.3, 0.4) is 0 Å². The molecule has 2 aromatic carbocycles. The average Bonchev–Trinajstić information content (AvgIpc) is 2.74. The smallest absolute Gasteiger partial charge is 0.0991 e. The third kappa shape index (κ3) is 5.54. The van der Waals surface area contributed by atoms with Crippen LogP contribution in [0.2, 0.25) is 0 Å². The summed E-state index contributed by atoms with van der Waals surface area (Å²) in [4.78, 5) is 0. The molecule has 2 aromatic rings. The van der Waals surface area contributed by atoms with Crippen molar-refractivity contribution in [2.24, 2.45) is 5.92 Å². The van der Waals surface area contributed by atoms with Crippen molar-refractivity contribution in [2.75, 3.05) is 0 Å². The molecule has 1 aliphatic carbocycles. The summed E-state index contributed by atoms with van der Waals surface area (Å²) in [5.41, 5.74) is 4.52. The largest absolute Gasteiger partial charge is 0.216 e. The van der Waals surface area contributed by atoms with E-state index in [1.54, 1.807) is 6.08 Å². The lowest BCUT2D eigenvalue weighted by molar-refractivity contribution is 0.303. The number of hydrogen-bond donors (Lipinski definition) is 0. The normalized spacial score (nSPS) is 19.9. The molecule has 2 heteroatoms. The van der Waals surface area contributed by atoms with Gasteiger partial charge in [-0.3, -0.25) is 0 Å². The van der Waals surface area contributed by atoms with E-state index in [2.05, 4.69) is 30.3 Å². The topological polar surface area (TPSA) is 23.8 Å². The second-order valence-electron chi connectivity index (χ2n) is 7.67. The van der Waals surface area contributed by atoms with Gasteiger partial charge in [-0.05, 0) is 79.2 Å². The van der Waals surface area contributed by atoms with Gasteiger partial charge in [0, 0.05) is 0 Å². The molecule has 0 aliphatic heterocycles. The van der Waals surface area contributed by atoms with Gasteiger partial charge in [0.2, 0.25) is 0 Å². The molecular weight excluding hydrogens is 333 g/mol. The summed E-state index contributed by atoms with van der Waals surface area (Å²) >= 11 is 0. The minimum atomic E-state index is 0.665. The molecule has 140 valence electrons. The molecule has 0 spiro atoms. The summed E-state index contributed by atoms with van der Waals surface area (Å²) < 4.78 is 11.9. The summed E-state index contributed by atoms with van der Waals surface area (Å²) in [6.45, 7) is 0. The predicted octanol–water partition coefficient (Wildman–Crippen LogP) is 7.54. The van der Waals surface area contributed by atoms with Crippen LogP contribution in [-0.2, 0) is 0 Å². The molecule has 1 aliphatic rings. The maximum atomic E-state index is 11.9. The Morgan fingerprint density at radius 2 is 1.52 bits per heavy atom. The number of halogens is 1. The zero-order valence-corrected chi connectivity index (χ0v) is 15.9. The molecular formula is C25H28FN. The maximum Gasteiger partial charge on any atom is 0.0991 e. The van der Waals surface area contributed by atoms with Crippen molar-refractivity contribution in [1.82, 2.24) is 0 Å². The number of hydrogen-bond acceptors (Lipinski definition) is 1. The first kappa shape index (κ1) is 19.4. The van der Waals surface area contributed by atoms with Crippen LogP contribution in [-0.4, -0.2) is 0 Å². The number of allylic oxidation sites excluding steroid dienone is 1. The third-order valence-corrected chi connectivity index (χ3v) is 5.90. The van der Waals surface area contributed by atoms with Crippen molar-refractivity contribution in [2.45, 2.75) is 57.3 Å². The van der Waals surface area contributed by atoms with Crippen LogP contribution in [0.5, 0.6) is 0 Å². The Balaban J connectivity index is 1.49. The fraction of sp³-hybridized carbons (Fsp3) is 0.400. The Labute approximate surface area is 162 Å². The van der Waals surface area contributed by atoms with Gasteiger partial charge in [-0.1, -0.05) is 55.3 Å². The molecule has 1 fully saturated rings. The van der Waals surface area contributed by atoms with Crippen LogP contribution < -0.4 is 0 Å². The Hall–Kier alpha value is -2.40. The first-order valence-corrected chi connectivity index (χ1v) is 10.2. The van der Waals surface area contributed by atoms with Crippen molar-refractivity contribution in [1.29, 1.82) is 5.26 Å². The van der Waals surface area contributed by atoms with E-state index in [0.717, 1.165) is 24.3 Å². The highest BCUT2D eigenvalue weighted by Gasteiger charge is 2.22. The Morgan fingerprint density at radius 3 is 2.11 bits per heavy atom. The summed E-state index contributed by atoms with van der Waals surface area (Å²) in [7, 11) is 0. The number of nitrogens with zero attached hydrogens (tertiary/aromatic N) is 1. The van der Waals surface area contributed by atoms with Crippen LogP contribution >= 0.6 is 0 Å². The van der Waals surface area contributed by atoms with Crippen molar-refractivity contribution in [3.8, 4) is 17.2 Å². The maximum absolute atomic E-state index is 11.9. The highest BCUT2D eigenvalue weighted by atomic mass is 19.1. The summed E-state index contributed by atoms with van der Waals surface area (Å²) in [5, 5.41) is 8.91. The molecule has 0 radical (unpaired) electrons. The van der Waals surface area contributed by atoms with E-state index in [-0.39, 0.29) is 0 Å². The van der Waals surface area contributed by atoms with Gasteiger partial charge in [0.15, 0.2) is 0 Å². The Morgan fingerprint density at radius 1 is 0.889 bits per heavy atom. The summed E-state index contributed by atoms with van der Waals surface area (Å²) in [6.07, 6.45) is 12.0. The molecule has 0 aromatic heterocycles. The van der Waals surface area contributed by atoms with Crippen LogP contribution in [0.25, 0.3) is 11.1 Å². The van der Waals surface area contributed by atoms with E-state index < -0.39 is 0 Å². The van der Waals surface area contributed by atoms with Crippen molar-refractivity contribution >= 4 is 0 Å². The number of rotatable bonds is 7. The van der Waals surface area contributed by atoms with Crippen LogP contribution in [0.1, 0.15) is 68.4 Å². The van der Waals surface area contributed by atoms with Gasteiger partial charge in [0.25, 0.3) is 0 Å². The number of nitriles is 1. The lowest BCUT2D eigenvalue weighted by Crippen LogP contribution is -2.13. The number of unbranched alkanes of at least 4 members (excludes halogenated alkanes) is 2. The van der Waals surface area contributed by atoms with Crippen LogP contribution in [0.15, 0.2) is 60.9 Å². The van der Waals surface area contributed by atoms with E-state index in [1.807, 2.05) is 24.3 Å². The number of benzene rings is 2. The summed E-state index contributed by atoms with van der Waals surface area (Å²) in [6, 6.07) is 18.9. The molecule has 0 saturated heterocycles. The average molecular weight is 362 g/mol. The van der Waals surface area contributed by atoms with Crippen molar-refractivity contribution in [3.05, 3.63) is 72.1 Å². The minimum absolute atomic E-state index is 0.665. The fourth-order valence-corrected chi connectivity index (χ4v) is 4.23. The van der Waals surface area contributed by atoms with E-state index >= 15 is 0 Å². The highest BCUT2D eigenvalue weighted by Crippen LogP contribution is 2.38. The molecule has 27 heavy (non-hydrogen) atoms. The molecule has 0 heterocycles.